The summed E-state index contributed by atoms with van der Waals surface area (Å²) >= 11 is 3.19. The van der Waals surface area contributed by atoms with Crippen molar-refractivity contribution in [3.05, 3.63) is 57.5 Å². The van der Waals surface area contributed by atoms with Gasteiger partial charge in [0.1, 0.15) is 10.8 Å². The number of aryl methyl sites for hydroxylation is 1. The number of thiazole rings is 1. The summed E-state index contributed by atoms with van der Waals surface area (Å²) in [6.07, 6.45) is 1.95. The maximum atomic E-state index is 13.4. The predicted octanol–water partition coefficient (Wildman–Crippen LogP) is 4.53. The number of benzene rings is 1. The van der Waals surface area contributed by atoms with Crippen LogP contribution in [0.25, 0.3) is 10.6 Å². The first-order chi connectivity index (χ1) is 11.7. The van der Waals surface area contributed by atoms with Gasteiger partial charge in [-0.15, -0.1) is 11.3 Å². The number of nitrogens with zero attached hydrogens (tertiary/aromatic N) is 2. The van der Waals surface area contributed by atoms with Gasteiger partial charge in [0.15, 0.2) is 0 Å². The quantitative estimate of drug-likeness (QED) is 0.689. The van der Waals surface area contributed by atoms with E-state index >= 15 is 0 Å². The van der Waals surface area contributed by atoms with Crippen molar-refractivity contribution in [1.29, 1.82) is 0 Å². The maximum absolute atomic E-state index is 13.4. The van der Waals surface area contributed by atoms with E-state index in [1.54, 1.807) is 33.6 Å². The third-order valence-corrected chi connectivity index (χ3v) is 5.74. The minimum atomic E-state index is -0.247. The van der Waals surface area contributed by atoms with E-state index in [-0.39, 0.29) is 18.1 Å². The highest BCUT2D eigenvalue weighted by molar-refractivity contribution is 7.14. The van der Waals surface area contributed by atoms with E-state index in [1.807, 2.05) is 16.8 Å². The molecule has 1 amide bonds. The molecule has 6 heteroatoms. The van der Waals surface area contributed by atoms with Crippen LogP contribution in [-0.2, 0) is 17.6 Å². The number of carbonyl (C=O) groups excluding carboxylic acids is 1. The van der Waals surface area contributed by atoms with Gasteiger partial charge >= 0.3 is 0 Å². The van der Waals surface area contributed by atoms with Gasteiger partial charge in [-0.05, 0) is 48.1 Å². The van der Waals surface area contributed by atoms with E-state index < -0.39 is 0 Å². The number of anilines is 1. The number of thiophene rings is 1. The van der Waals surface area contributed by atoms with Gasteiger partial charge < -0.3 is 4.90 Å². The van der Waals surface area contributed by atoms with Crippen LogP contribution in [0.4, 0.5) is 10.1 Å². The summed E-state index contributed by atoms with van der Waals surface area (Å²) in [5, 5.41) is 6.96. The summed E-state index contributed by atoms with van der Waals surface area (Å²) < 4.78 is 13.4. The Bertz CT molecular complexity index is 873. The zero-order valence-electron chi connectivity index (χ0n) is 12.9. The molecule has 0 fully saturated rings. The van der Waals surface area contributed by atoms with Crippen molar-refractivity contribution in [2.75, 3.05) is 11.4 Å². The number of halogens is 1. The van der Waals surface area contributed by atoms with Crippen LogP contribution in [0.2, 0.25) is 0 Å². The first-order valence-electron chi connectivity index (χ1n) is 7.76. The number of aromatic nitrogens is 1. The first kappa shape index (κ1) is 15.5. The molecule has 0 atom stereocenters. The van der Waals surface area contributed by atoms with Crippen LogP contribution in [0.3, 0.4) is 0 Å². The van der Waals surface area contributed by atoms with E-state index in [9.17, 15) is 9.18 Å². The molecule has 0 saturated carbocycles. The normalized spacial score (nSPS) is 13.8. The van der Waals surface area contributed by atoms with Crippen LogP contribution < -0.4 is 4.90 Å². The van der Waals surface area contributed by atoms with Gasteiger partial charge in [-0.25, -0.2) is 9.37 Å². The van der Waals surface area contributed by atoms with E-state index in [0.717, 1.165) is 40.4 Å². The number of carbonyl (C=O) groups is 1. The Morgan fingerprint density at radius 2 is 2.21 bits per heavy atom. The lowest BCUT2D eigenvalue weighted by Crippen LogP contribution is -2.36. The molecule has 3 heterocycles. The number of hydrogen-bond donors (Lipinski definition) is 0. The lowest BCUT2D eigenvalue weighted by atomic mass is 10.0. The average molecular weight is 358 g/mol. The summed E-state index contributed by atoms with van der Waals surface area (Å²) in [5.41, 5.74) is 3.63. The van der Waals surface area contributed by atoms with Gasteiger partial charge in [-0.2, -0.15) is 11.3 Å². The fraction of sp³-hybridized carbons (Fsp3) is 0.222. The van der Waals surface area contributed by atoms with Crippen molar-refractivity contribution in [3.63, 3.8) is 0 Å². The lowest BCUT2D eigenvalue weighted by Gasteiger charge is -2.29. The highest BCUT2D eigenvalue weighted by atomic mass is 32.1. The second-order valence-electron chi connectivity index (χ2n) is 5.75. The molecule has 0 aliphatic carbocycles. The van der Waals surface area contributed by atoms with E-state index in [1.165, 1.54) is 12.1 Å². The standard InChI is InChI=1S/C18H15FN2OS2/c19-14-3-4-16-12(8-14)2-1-6-21(16)17(22)9-15-11-24-18(20-15)13-5-7-23-10-13/h3-5,7-8,10-11H,1-2,6,9H2. The highest BCUT2D eigenvalue weighted by Crippen LogP contribution is 2.29. The van der Waals surface area contributed by atoms with Crippen molar-refractivity contribution in [2.24, 2.45) is 0 Å². The van der Waals surface area contributed by atoms with Crippen molar-refractivity contribution < 1.29 is 9.18 Å². The van der Waals surface area contributed by atoms with Gasteiger partial charge in [0.05, 0.1) is 12.1 Å². The van der Waals surface area contributed by atoms with E-state index in [4.69, 9.17) is 0 Å². The molecule has 3 aromatic rings. The Morgan fingerprint density at radius 3 is 3.04 bits per heavy atom. The smallest absolute Gasteiger partial charge is 0.233 e. The fourth-order valence-corrected chi connectivity index (χ4v) is 4.51. The monoisotopic (exact) mass is 358 g/mol. The number of fused-ring (bicyclic) bond motifs is 1. The van der Waals surface area contributed by atoms with Crippen LogP contribution in [0.15, 0.2) is 40.4 Å². The summed E-state index contributed by atoms with van der Waals surface area (Å²) in [6.45, 7) is 0.680. The minimum Gasteiger partial charge on any atom is -0.312 e. The zero-order chi connectivity index (χ0) is 16.5. The summed E-state index contributed by atoms with van der Waals surface area (Å²) in [5.74, 6) is -0.229. The van der Waals surface area contributed by atoms with Gasteiger partial charge in [-0.1, -0.05) is 0 Å². The molecule has 1 aliphatic rings. The molecule has 0 spiro atoms. The molecule has 0 saturated heterocycles. The SMILES string of the molecule is O=C(Cc1csc(-c2ccsc2)n1)N1CCCc2cc(F)ccc21. The van der Waals surface area contributed by atoms with Crippen molar-refractivity contribution in [3.8, 4) is 10.6 Å². The molecule has 122 valence electrons. The van der Waals surface area contributed by atoms with Crippen LogP contribution >= 0.6 is 22.7 Å². The van der Waals surface area contributed by atoms with Crippen molar-refractivity contribution in [2.45, 2.75) is 19.3 Å². The maximum Gasteiger partial charge on any atom is 0.233 e. The molecule has 3 nitrogen and oxygen atoms in total. The summed E-state index contributed by atoms with van der Waals surface area (Å²) in [4.78, 5) is 19.1. The Kier molecular flexibility index (Phi) is 4.16. The molecule has 0 N–H and O–H groups in total. The third-order valence-electron chi connectivity index (χ3n) is 4.11. The topological polar surface area (TPSA) is 33.2 Å². The molecule has 4 rings (SSSR count). The third kappa shape index (κ3) is 2.99. The summed E-state index contributed by atoms with van der Waals surface area (Å²) in [7, 11) is 0. The fourth-order valence-electron chi connectivity index (χ4n) is 2.98. The van der Waals surface area contributed by atoms with Crippen molar-refractivity contribution >= 4 is 34.3 Å². The highest BCUT2D eigenvalue weighted by Gasteiger charge is 2.23. The van der Waals surface area contributed by atoms with Crippen LogP contribution in [0.1, 0.15) is 17.7 Å². The van der Waals surface area contributed by atoms with Gasteiger partial charge in [0.25, 0.3) is 0 Å². The Hall–Kier alpha value is -2.05. The lowest BCUT2D eigenvalue weighted by molar-refractivity contribution is -0.118. The number of amides is 1. The molecule has 24 heavy (non-hydrogen) atoms. The van der Waals surface area contributed by atoms with E-state index in [0.29, 0.717) is 6.54 Å². The van der Waals surface area contributed by atoms with Gasteiger partial charge in [-0.3, -0.25) is 4.79 Å². The first-order valence-corrected chi connectivity index (χ1v) is 9.59. The average Bonchev–Trinajstić information content (AvgIpc) is 3.25. The molecule has 0 unspecified atom stereocenters. The molecular formula is C18H15FN2OS2. The molecule has 1 aliphatic heterocycles. The molecule has 2 aromatic heterocycles. The number of rotatable bonds is 3. The Labute approximate surface area is 147 Å². The van der Waals surface area contributed by atoms with Crippen LogP contribution in [0, 0.1) is 5.82 Å². The summed E-state index contributed by atoms with van der Waals surface area (Å²) in [6, 6.07) is 6.69. The van der Waals surface area contributed by atoms with Gasteiger partial charge in [0.2, 0.25) is 5.91 Å². The molecule has 1 aromatic carbocycles. The van der Waals surface area contributed by atoms with Gasteiger partial charge in [0, 0.05) is 28.6 Å². The van der Waals surface area contributed by atoms with E-state index in [2.05, 4.69) is 10.4 Å². The molecule has 0 bridgehead atoms. The number of hydrogen-bond acceptors (Lipinski definition) is 4. The van der Waals surface area contributed by atoms with Crippen LogP contribution in [0.5, 0.6) is 0 Å². The Balaban J connectivity index is 1.53. The second-order valence-corrected chi connectivity index (χ2v) is 7.39. The zero-order valence-corrected chi connectivity index (χ0v) is 14.5. The Morgan fingerprint density at radius 1 is 1.29 bits per heavy atom. The molecule has 0 radical (unpaired) electrons. The second kappa shape index (κ2) is 6.45. The van der Waals surface area contributed by atoms with Crippen LogP contribution in [-0.4, -0.2) is 17.4 Å². The molecular weight excluding hydrogens is 343 g/mol. The predicted molar refractivity (Wildman–Crippen MR) is 96.2 cm³/mol. The van der Waals surface area contributed by atoms with Crippen molar-refractivity contribution in [1.82, 2.24) is 4.98 Å². The minimum absolute atomic E-state index is 0.0183. The largest absolute Gasteiger partial charge is 0.312 e.